The van der Waals surface area contributed by atoms with Crippen molar-refractivity contribution >= 4 is 5.78 Å². The number of carbonyl (C=O) groups excluding carboxylic acids is 1. The van der Waals surface area contributed by atoms with Crippen LogP contribution in [0.5, 0.6) is 0 Å². The van der Waals surface area contributed by atoms with Crippen molar-refractivity contribution in [3.63, 3.8) is 0 Å². The summed E-state index contributed by atoms with van der Waals surface area (Å²) in [5.41, 5.74) is 0.589. The van der Waals surface area contributed by atoms with Gasteiger partial charge in [-0.05, 0) is 6.92 Å². The molecule has 0 spiro atoms. The second-order valence-electron chi connectivity index (χ2n) is 2.52. The summed E-state index contributed by atoms with van der Waals surface area (Å²) < 4.78 is 15.0. The van der Waals surface area contributed by atoms with E-state index in [1.807, 2.05) is 6.07 Å². The van der Waals surface area contributed by atoms with Gasteiger partial charge in [0, 0.05) is 31.1 Å². The zero-order valence-corrected chi connectivity index (χ0v) is 10.6. The van der Waals surface area contributed by atoms with Gasteiger partial charge in [-0.3, -0.25) is 4.79 Å². The van der Waals surface area contributed by atoms with Crippen LogP contribution < -0.4 is 0 Å². The predicted octanol–water partition coefficient (Wildman–Crippen LogP) is 2.25. The molecule has 0 saturated heterocycles. The van der Waals surface area contributed by atoms with Crippen LogP contribution in [0.25, 0.3) is 0 Å². The summed E-state index contributed by atoms with van der Waals surface area (Å²) in [4.78, 5) is 11.2. The maximum atomic E-state index is 11.2. The van der Waals surface area contributed by atoms with E-state index in [0.29, 0.717) is 5.56 Å². The third-order valence-electron chi connectivity index (χ3n) is 1.40. The standard InChI is InChI=1S/C10H10O2.2CO.Rh/c1-8(11)7-10(12)9-5-3-2-4-6-9;2*1-2;/h2-7,11H,1H3;;;/b8-7-;;;. The third-order valence-corrected chi connectivity index (χ3v) is 1.40. The second-order valence-corrected chi connectivity index (χ2v) is 2.52. The Hall–Kier alpha value is -1.47. The number of allylic oxidation sites excluding steroid dienone is 2. The van der Waals surface area contributed by atoms with Crippen LogP contribution in [0.1, 0.15) is 17.3 Å². The van der Waals surface area contributed by atoms with Gasteiger partial charge in [0.15, 0.2) is 5.78 Å². The van der Waals surface area contributed by atoms with Gasteiger partial charge in [0.1, 0.15) is 0 Å². The van der Waals surface area contributed by atoms with Gasteiger partial charge in [0.25, 0.3) is 0 Å². The molecule has 0 saturated carbocycles. The molecule has 0 aliphatic heterocycles. The van der Waals surface area contributed by atoms with E-state index in [0.717, 1.165) is 0 Å². The number of aliphatic hydroxyl groups is 1. The zero-order valence-electron chi connectivity index (χ0n) is 8.97. The normalized spacial score (nSPS) is 8.18. The quantitative estimate of drug-likeness (QED) is 0.226. The number of rotatable bonds is 2. The van der Waals surface area contributed by atoms with Gasteiger partial charge in [-0.15, -0.1) is 0 Å². The van der Waals surface area contributed by atoms with Crippen molar-refractivity contribution in [3.05, 3.63) is 61.0 Å². The predicted molar refractivity (Wildman–Crippen MR) is 55.0 cm³/mol. The molecular weight excluding hydrogens is 311 g/mol. The molecule has 0 aliphatic rings. The summed E-state index contributed by atoms with van der Waals surface area (Å²) in [6.07, 6.45) is 1.20. The zero-order chi connectivity index (χ0) is 13.0. The summed E-state index contributed by atoms with van der Waals surface area (Å²) >= 11 is 0. The van der Waals surface area contributed by atoms with Crippen LogP contribution in [0.2, 0.25) is 0 Å². The SMILES string of the molecule is C/C(O)=C/C(=O)c1ccccc1.[C-]#[O+].[C-]#[O+].[Rh]. The largest absolute Gasteiger partial charge is 0 e. The number of benzene rings is 1. The van der Waals surface area contributed by atoms with E-state index in [-0.39, 0.29) is 31.0 Å². The molecule has 1 N–H and O–H groups in total. The molecule has 0 unspecified atom stereocenters. The van der Waals surface area contributed by atoms with E-state index in [4.69, 9.17) is 14.4 Å². The first kappa shape index (κ1) is 20.9. The van der Waals surface area contributed by atoms with Crippen LogP contribution in [0.15, 0.2) is 42.2 Å². The average molecular weight is 321 g/mol. The monoisotopic (exact) mass is 321 g/mol. The molecule has 1 rings (SSSR count). The summed E-state index contributed by atoms with van der Waals surface area (Å²) in [7, 11) is 0. The van der Waals surface area contributed by atoms with Crippen molar-refractivity contribution in [2.24, 2.45) is 0 Å². The molecule has 4 nitrogen and oxygen atoms in total. The molecule has 17 heavy (non-hydrogen) atoms. The molecule has 0 atom stereocenters. The second kappa shape index (κ2) is 14.5. The van der Waals surface area contributed by atoms with Crippen LogP contribution in [0.4, 0.5) is 0 Å². The van der Waals surface area contributed by atoms with Crippen molar-refractivity contribution in [1.82, 2.24) is 0 Å². The molecule has 1 aromatic carbocycles. The first-order chi connectivity index (χ1) is 7.70. The van der Waals surface area contributed by atoms with Crippen LogP contribution in [0.3, 0.4) is 0 Å². The smallest absolute Gasteiger partial charge is 0 e. The first-order valence-electron chi connectivity index (χ1n) is 4.07. The summed E-state index contributed by atoms with van der Waals surface area (Å²) in [5.74, 6) is -0.139. The van der Waals surface area contributed by atoms with Crippen molar-refractivity contribution in [1.29, 1.82) is 0 Å². The van der Waals surface area contributed by atoms with E-state index in [2.05, 4.69) is 13.3 Å². The van der Waals surface area contributed by atoms with Gasteiger partial charge in [0.2, 0.25) is 0 Å². The molecule has 0 aliphatic carbocycles. The molecule has 0 aromatic heterocycles. The summed E-state index contributed by atoms with van der Waals surface area (Å²) in [5, 5.41) is 8.82. The van der Waals surface area contributed by atoms with Gasteiger partial charge in [-0.1, -0.05) is 30.3 Å². The van der Waals surface area contributed by atoms with Gasteiger partial charge < -0.3 is 5.11 Å². The fraction of sp³-hybridized carbons (Fsp3) is 0.0833. The maximum Gasteiger partial charge on any atom is 0 e. The first-order valence-corrected chi connectivity index (χ1v) is 4.07. The molecule has 0 bridgehead atoms. The third kappa shape index (κ3) is 10.8. The number of carbonyl (C=O) groups is 1. The van der Waals surface area contributed by atoms with Crippen molar-refractivity contribution < 1.29 is 38.7 Å². The molecular formula is C12H10O4Rh. The van der Waals surface area contributed by atoms with Crippen molar-refractivity contribution in [2.45, 2.75) is 6.92 Å². The Bertz CT molecular complexity index is 369. The number of hydrogen-bond acceptors (Lipinski definition) is 2. The molecule has 0 fully saturated rings. The van der Waals surface area contributed by atoms with Crippen LogP contribution in [-0.4, -0.2) is 10.9 Å². The van der Waals surface area contributed by atoms with E-state index < -0.39 is 0 Å². The Labute approximate surface area is 113 Å². The summed E-state index contributed by atoms with van der Waals surface area (Å²) in [6, 6.07) is 8.83. The van der Waals surface area contributed by atoms with Crippen LogP contribution in [0, 0.1) is 13.3 Å². The fourth-order valence-electron chi connectivity index (χ4n) is 0.875. The summed E-state index contributed by atoms with van der Waals surface area (Å²) in [6.45, 7) is 10.5. The Morgan fingerprint density at radius 2 is 1.59 bits per heavy atom. The molecule has 1 aromatic rings. The van der Waals surface area contributed by atoms with Crippen LogP contribution in [-0.2, 0) is 28.8 Å². The maximum absolute atomic E-state index is 11.2. The van der Waals surface area contributed by atoms with Crippen LogP contribution >= 0.6 is 0 Å². The minimum atomic E-state index is -0.171. The molecule has 0 amide bonds. The van der Waals surface area contributed by atoms with Gasteiger partial charge in [-0.25, -0.2) is 0 Å². The van der Waals surface area contributed by atoms with Gasteiger partial charge >= 0.3 is 22.6 Å². The van der Waals surface area contributed by atoms with Crippen molar-refractivity contribution in [2.75, 3.05) is 0 Å². The Balaban J connectivity index is -0.000000355. The van der Waals surface area contributed by atoms with E-state index >= 15 is 0 Å². The fourth-order valence-corrected chi connectivity index (χ4v) is 0.875. The molecule has 0 heterocycles. The van der Waals surface area contributed by atoms with E-state index in [1.54, 1.807) is 24.3 Å². The Morgan fingerprint density at radius 1 is 1.18 bits per heavy atom. The molecule has 5 heteroatoms. The average Bonchev–Trinajstić information content (AvgIpc) is 2.34. The van der Waals surface area contributed by atoms with Crippen molar-refractivity contribution in [3.8, 4) is 0 Å². The Kier molecular flexibility index (Phi) is 17.9. The van der Waals surface area contributed by atoms with Gasteiger partial charge in [-0.2, -0.15) is 0 Å². The number of aliphatic hydroxyl groups excluding tert-OH is 1. The minimum absolute atomic E-state index is 0. The molecule has 91 valence electrons. The number of ketones is 1. The minimum Gasteiger partial charge on any atom is 0 e. The Morgan fingerprint density at radius 3 is 1.94 bits per heavy atom. The number of hydrogen-bond donors (Lipinski definition) is 1. The van der Waals surface area contributed by atoms with E-state index in [1.165, 1.54) is 13.0 Å². The molecule has 1 radical (unpaired) electrons. The van der Waals surface area contributed by atoms with Gasteiger partial charge in [0.05, 0.1) is 5.76 Å². The topological polar surface area (TPSA) is 77.1 Å². The van der Waals surface area contributed by atoms with E-state index in [9.17, 15) is 4.79 Å².